The number of allylic oxidation sites excluding steroid dienone is 2. The fourth-order valence-corrected chi connectivity index (χ4v) is 10.2. The summed E-state index contributed by atoms with van der Waals surface area (Å²) in [5, 5.41) is 0. The molecule has 0 bridgehead atoms. The molecule has 4 fully saturated rings. The van der Waals surface area contributed by atoms with Crippen molar-refractivity contribution in [1.82, 2.24) is 0 Å². The number of Topliss-reactive ketones (excluding diaryl/α,β-unsaturated/α-hetero) is 2. The molecule has 5 aliphatic carbocycles. The quantitative estimate of drug-likeness (QED) is 0.366. The summed E-state index contributed by atoms with van der Waals surface area (Å²) in [6.45, 7) is 19.0. The Morgan fingerprint density at radius 3 is 2.19 bits per heavy atom. The van der Waals surface area contributed by atoms with E-state index < -0.39 is 5.41 Å². The maximum absolute atomic E-state index is 13.9. The van der Waals surface area contributed by atoms with Crippen molar-refractivity contribution in [2.45, 2.75) is 113 Å². The lowest BCUT2D eigenvalue weighted by Gasteiger charge is -2.70. The van der Waals surface area contributed by atoms with Gasteiger partial charge < -0.3 is 0 Å². The van der Waals surface area contributed by atoms with Gasteiger partial charge in [0.2, 0.25) is 0 Å². The lowest BCUT2D eigenvalue weighted by atomic mass is 9.33. The van der Waals surface area contributed by atoms with Crippen molar-refractivity contribution >= 4 is 11.6 Å². The lowest BCUT2D eigenvalue weighted by Crippen LogP contribution is -2.66. The van der Waals surface area contributed by atoms with Gasteiger partial charge in [-0.15, -0.1) is 0 Å². The third-order valence-corrected chi connectivity index (χ3v) is 12.4. The molecule has 0 aromatic carbocycles. The van der Waals surface area contributed by atoms with E-state index in [1.54, 1.807) is 5.57 Å². The van der Waals surface area contributed by atoms with Crippen LogP contribution in [-0.4, -0.2) is 11.6 Å². The number of hydrogen-bond acceptors (Lipinski definition) is 2. The maximum Gasteiger partial charge on any atom is 0.139 e. The lowest BCUT2D eigenvalue weighted by molar-refractivity contribution is -0.188. The van der Waals surface area contributed by atoms with Crippen LogP contribution in [0.4, 0.5) is 0 Å². The summed E-state index contributed by atoms with van der Waals surface area (Å²) in [5.74, 6) is 1.71. The average Bonchev–Trinajstić information content (AvgIpc) is 2.67. The minimum Gasteiger partial charge on any atom is -0.299 e. The maximum atomic E-state index is 13.9. The third-order valence-electron chi connectivity index (χ3n) is 12.4. The first kappa shape index (κ1) is 22.9. The zero-order chi connectivity index (χ0) is 23.5. The highest BCUT2D eigenvalue weighted by Crippen LogP contribution is 2.74. The van der Waals surface area contributed by atoms with Crippen LogP contribution in [0, 0.1) is 50.2 Å². The predicted octanol–water partition coefficient (Wildman–Crippen LogP) is 7.56. The highest BCUT2D eigenvalue weighted by atomic mass is 16.1. The van der Waals surface area contributed by atoms with Crippen LogP contribution >= 0.6 is 0 Å². The SMILES string of the molecule is CC1(C)CCC2(C)CCC3(C)C(=CCC4C5(C)CCC(=O)C(C)(C)C5C(=O)CC43C)C2C1. The summed E-state index contributed by atoms with van der Waals surface area (Å²) in [6, 6.07) is 0. The molecule has 0 radical (unpaired) electrons. The first-order valence-electron chi connectivity index (χ1n) is 13.4. The van der Waals surface area contributed by atoms with E-state index in [0.717, 1.165) is 12.8 Å². The van der Waals surface area contributed by atoms with Crippen LogP contribution in [0.25, 0.3) is 0 Å². The number of hydrogen-bond donors (Lipinski definition) is 0. The molecule has 5 aliphatic rings. The van der Waals surface area contributed by atoms with Gasteiger partial charge in [-0.25, -0.2) is 0 Å². The summed E-state index contributed by atoms with van der Waals surface area (Å²) in [4.78, 5) is 26.8. The van der Waals surface area contributed by atoms with Crippen LogP contribution in [-0.2, 0) is 9.59 Å². The molecule has 4 saturated carbocycles. The molecule has 0 aromatic rings. The van der Waals surface area contributed by atoms with Gasteiger partial charge in [0, 0.05) is 24.2 Å². The van der Waals surface area contributed by atoms with Gasteiger partial charge in [0.15, 0.2) is 0 Å². The molecule has 0 aromatic heterocycles. The number of carbonyl (C=O) groups excluding carboxylic acids is 2. The van der Waals surface area contributed by atoms with Crippen LogP contribution in [0.2, 0.25) is 0 Å². The molecule has 0 spiro atoms. The molecule has 0 heterocycles. The van der Waals surface area contributed by atoms with E-state index in [9.17, 15) is 9.59 Å². The van der Waals surface area contributed by atoms with Crippen molar-refractivity contribution in [3.63, 3.8) is 0 Å². The Labute approximate surface area is 196 Å². The summed E-state index contributed by atoms with van der Waals surface area (Å²) in [6.07, 6.45) is 12.4. The normalized spacial score (nSPS) is 51.6. The van der Waals surface area contributed by atoms with Crippen LogP contribution in [0.3, 0.4) is 0 Å². The molecule has 0 saturated heterocycles. The van der Waals surface area contributed by atoms with Crippen molar-refractivity contribution in [2.24, 2.45) is 50.2 Å². The average molecular weight is 439 g/mol. The summed E-state index contributed by atoms with van der Waals surface area (Å²) in [7, 11) is 0. The highest BCUT2D eigenvalue weighted by molar-refractivity contribution is 5.95. The van der Waals surface area contributed by atoms with E-state index in [1.165, 1.54) is 32.1 Å². The smallest absolute Gasteiger partial charge is 0.139 e. The Morgan fingerprint density at radius 1 is 0.844 bits per heavy atom. The largest absolute Gasteiger partial charge is 0.299 e. The molecule has 2 heteroatoms. The molecule has 2 nitrogen and oxygen atoms in total. The van der Waals surface area contributed by atoms with Crippen molar-refractivity contribution in [2.75, 3.05) is 0 Å². The minimum absolute atomic E-state index is 0.00119. The van der Waals surface area contributed by atoms with Gasteiger partial charge in [0.1, 0.15) is 11.6 Å². The monoisotopic (exact) mass is 438 g/mol. The zero-order valence-corrected chi connectivity index (χ0v) is 22.0. The fraction of sp³-hybridized carbons (Fsp3) is 0.867. The van der Waals surface area contributed by atoms with E-state index in [2.05, 4.69) is 61.5 Å². The van der Waals surface area contributed by atoms with E-state index in [1.807, 2.05) is 0 Å². The first-order chi connectivity index (χ1) is 14.6. The second-order valence-corrected chi connectivity index (χ2v) is 15.0. The fourth-order valence-electron chi connectivity index (χ4n) is 10.2. The van der Waals surface area contributed by atoms with Gasteiger partial charge in [0.05, 0.1) is 0 Å². The van der Waals surface area contributed by atoms with Gasteiger partial charge in [-0.05, 0) is 83.9 Å². The molecular weight excluding hydrogens is 392 g/mol. The van der Waals surface area contributed by atoms with E-state index in [4.69, 9.17) is 0 Å². The molecule has 5 rings (SSSR count). The Kier molecular flexibility index (Phi) is 4.57. The van der Waals surface area contributed by atoms with Crippen LogP contribution in [0.1, 0.15) is 113 Å². The van der Waals surface area contributed by atoms with E-state index >= 15 is 0 Å². The Bertz CT molecular complexity index is 908. The van der Waals surface area contributed by atoms with Crippen LogP contribution in [0.5, 0.6) is 0 Å². The number of ketones is 2. The second kappa shape index (κ2) is 6.39. The van der Waals surface area contributed by atoms with Crippen molar-refractivity contribution in [3.8, 4) is 0 Å². The molecule has 178 valence electrons. The Balaban J connectivity index is 1.62. The predicted molar refractivity (Wildman–Crippen MR) is 130 cm³/mol. The summed E-state index contributed by atoms with van der Waals surface area (Å²) in [5.41, 5.74) is 2.05. The number of carbonyl (C=O) groups is 2. The van der Waals surface area contributed by atoms with Gasteiger partial charge in [-0.1, -0.05) is 67.0 Å². The van der Waals surface area contributed by atoms with E-state index in [0.29, 0.717) is 47.1 Å². The van der Waals surface area contributed by atoms with E-state index in [-0.39, 0.29) is 22.2 Å². The first-order valence-corrected chi connectivity index (χ1v) is 13.4. The summed E-state index contributed by atoms with van der Waals surface area (Å²) >= 11 is 0. The molecule has 7 atom stereocenters. The van der Waals surface area contributed by atoms with Crippen LogP contribution in [0.15, 0.2) is 11.6 Å². The van der Waals surface area contributed by atoms with Gasteiger partial charge in [-0.3, -0.25) is 9.59 Å². The van der Waals surface area contributed by atoms with Crippen molar-refractivity contribution in [1.29, 1.82) is 0 Å². The van der Waals surface area contributed by atoms with Gasteiger partial charge in [0.25, 0.3) is 0 Å². The topological polar surface area (TPSA) is 34.1 Å². The number of fused-ring (bicyclic) bond motifs is 7. The molecule has 32 heavy (non-hydrogen) atoms. The standard InChI is InChI=1S/C30H46O2/c1-25(2)13-14-27(5)15-16-29(7)19(20(27)17-25)9-10-22-28(6)12-11-23(32)26(3,4)24(28)21(31)18-30(22,29)8/h9,20,22,24H,10-18H2,1-8H3. The second-order valence-electron chi connectivity index (χ2n) is 15.0. The highest BCUT2D eigenvalue weighted by Gasteiger charge is 2.70. The summed E-state index contributed by atoms with van der Waals surface area (Å²) < 4.78 is 0. The molecule has 7 unspecified atom stereocenters. The number of rotatable bonds is 0. The zero-order valence-electron chi connectivity index (χ0n) is 22.0. The Hall–Kier alpha value is -0.920. The third kappa shape index (κ3) is 2.65. The minimum atomic E-state index is -0.519. The molecule has 0 N–H and O–H groups in total. The van der Waals surface area contributed by atoms with Gasteiger partial charge in [-0.2, -0.15) is 0 Å². The van der Waals surface area contributed by atoms with Crippen LogP contribution < -0.4 is 0 Å². The molecule has 0 amide bonds. The molecular formula is C30H46O2. The van der Waals surface area contributed by atoms with Crippen molar-refractivity contribution in [3.05, 3.63) is 11.6 Å². The Morgan fingerprint density at radius 2 is 1.50 bits per heavy atom. The molecule has 0 aliphatic heterocycles. The van der Waals surface area contributed by atoms with Gasteiger partial charge >= 0.3 is 0 Å². The van der Waals surface area contributed by atoms with Crippen molar-refractivity contribution < 1.29 is 9.59 Å².